The molecule has 1 N–H and O–H groups in total. The third kappa shape index (κ3) is 3.77. The number of carboxylic acid groups (broad SMARTS) is 1. The van der Waals surface area contributed by atoms with Gasteiger partial charge in [0, 0.05) is 10.0 Å². The number of rotatable bonds is 4. The largest absolute Gasteiger partial charge is 0.478 e. The Bertz CT molecular complexity index is 1190. The molecule has 0 unspecified atom stereocenters. The molecule has 144 valence electrons. The molecular formula is C22H15BrN2O4. The molecule has 4 rings (SSSR count). The van der Waals surface area contributed by atoms with Crippen LogP contribution < -0.4 is 5.01 Å². The molecule has 3 aromatic rings. The van der Waals surface area contributed by atoms with Gasteiger partial charge >= 0.3 is 5.97 Å². The highest BCUT2D eigenvalue weighted by Crippen LogP contribution is 2.29. The lowest BCUT2D eigenvalue weighted by atomic mass is 10.1. The van der Waals surface area contributed by atoms with Crippen molar-refractivity contribution in [1.82, 2.24) is 0 Å². The van der Waals surface area contributed by atoms with Crippen LogP contribution >= 0.6 is 15.9 Å². The molecule has 6 nitrogen and oxygen atoms in total. The predicted octanol–water partition coefficient (Wildman–Crippen LogP) is 5.21. The van der Waals surface area contributed by atoms with Crippen LogP contribution in [-0.4, -0.2) is 22.7 Å². The predicted molar refractivity (Wildman–Crippen MR) is 114 cm³/mol. The minimum absolute atomic E-state index is 0.178. The fourth-order valence-electron chi connectivity index (χ4n) is 3.00. The summed E-state index contributed by atoms with van der Waals surface area (Å²) in [6.07, 6.45) is 1.64. The molecule has 1 aliphatic heterocycles. The summed E-state index contributed by atoms with van der Waals surface area (Å²) in [6.45, 7) is 1.77. The average molecular weight is 451 g/mol. The number of hydrazone groups is 1. The van der Waals surface area contributed by atoms with E-state index in [0.29, 0.717) is 34.1 Å². The van der Waals surface area contributed by atoms with Gasteiger partial charge < -0.3 is 9.52 Å². The van der Waals surface area contributed by atoms with Crippen molar-refractivity contribution in [2.45, 2.75) is 6.92 Å². The van der Waals surface area contributed by atoms with Gasteiger partial charge in [-0.05, 0) is 55.5 Å². The highest BCUT2D eigenvalue weighted by Gasteiger charge is 2.29. The number of benzene rings is 2. The van der Waals surface area contributed by atoms with E-state index in [9.17, 15) is 9.59 Å². The topological polar surface area (TPSA) is 83.1 Å². The van der Waals surface area contributed by atoms with Gasteiger partial charge in [0.15, 0.2) is 0 Å². The van der Waals surface area contributed by atoms with Gasteiger partial charge in [-0.15, -0.1) is 0 Å². The van der Waals surface area contributed by atoms with Crippen LogP contribution in [0.25, 0.3) is 17.4 Å². The molecule has 7 heteroatoms. The number of halogens is 1. The molecule has 1 aliphatic rings. The van der Waals surface area contributed by atoms with Gasteiger partial charge in [0.2, 0.25) is 0 Å². The number of carboxylic acids is 1. The van der Waals surface area contributed by atoms with Crippen molar-refractivity contribution in [1.29, 1.82) is 0 Å². The number of amides is 1. The van der Waals surface area contributed by atoms with Gasteiger partial charge in [-0.1, -0.05) is 34.1 Å². The third-order valence-electron chi connectivity index (χ3n) is 4.42. The lowest BCUT2D eigenvalue weighted by Crippen LogP contribution is -2.21. The van der Waals surface area contributed by atoms with Crippen LogP contribution in [0.3, 0.4) is 0 Å². The van der Waals surface area contributed by atoms with E-state index in [-0.39, 0.29) is 11.5 Å². The number of carbonyl (C=O) groups is 2. The van der Waals surface area contributed by atoms with Gasteiger partial charge in [-0.25, -0.2) is 4.79 Å². The molecule has 0 saturated carbocycles. The number of aromatic carboxylic acids is 1. The molecule has 0 atom stereocenters. The Balaban J connectivity index is 1.62. The molecule has 0 saturated heterocycles. The second kappa shape index (κ2) is 7.52. The Morgan fingerprint density at radius 2 is 1.93 bits per heavy atom. The first kappa shape index (κ1) is 18.9. The minimum Gasteiger partial charge on any atom is -0.478 e. The summed E-state index contributed by atoms with van der Waals surface area (Å²) in [7, 11) is 0. The maximum absolute atomic E-state index is 12.8. The molecule has 0 aliphatic carbocycles. The summed E-state index contributed by atoms with van der Waals surface area (Å²) < 4.78 is 6.67. The van der Waals surface area contributed by atoms with E-state index < -0.39 is 5.97 Å². The first-order valence-corrected chi connectivity index (χ1v) is 9.52. The summed E-state index contributed by atoms with van der Waals surface area (Å²) in [5.41, 5.74) is 2.51. The normalized spacial score (nSPS) is 15.1. The van der Waals surface area contributed by atoms with Crippen LogP contribution in [0.2, 0.25) is 0 Å². The Morgan fingerprint density at radius 1 is 1.14 bits per heavy atom. The minimum atomic E-state index is -1.00. The summed E-state index contributed by atoms with van der Waals surface area (Å²) >= 11 is 3.40. The van der Waals surface area contributed by atoms with Crippen molar-refractivity contribution in [2.24, 2.45) is 5.10 Å². The van der Waals surface area contributed by atoms with Crippen LogP contribution in [-0.2, 0) is 4.79 Å². The van der Waals surface area contributed by atoms with Gasteiger partial charge in [-0.3, -0.25) is 4.79 Å². The lowest BCUT2D eigenvalue weighted by Gasteiger charge is -2.11. The van der Waals surface area contributed by atoms with Crippen molar-refractivity contribution in [3.05, 3.63) is 82.0 Å². The smallest absolute Gasteiger partial charge is 0.335 e. The number of hydrogen-bond donors (Lipinski definition) is 1. The zero-order chi connectivity index (χ0) is 20.5. The number of anilines is 1. The van der Waals surface area contributed by atoms with Crippen LogP contribution in [0.1, 0.15) is 23.0 Å². The SMILES string of the molecule is CC1=NN(c2cccc(Br)c2)C(=O)C1=Cc1ccc(-c2cccc(C(=O)O)c2)o1. The van der Waals surface area contributed by atoms with Crippen molar-refractivity contribution >= 4 is 45.3 Å². The van der Waals surface area contributed by atoms with Gasteiger partial charge in [0.05, 0.1) is 22.5 Å². The molecule has 1 aromatic heterocycles. The molecule has 0 spiro atoms. The van der Waals surface area contributed by atoms with Crippen molar-refractivity contribution < 1.29 is 19.1 Å². The third-order valence-corrected chi connectivity index (χ3v) is 4.92. The number of hydrogen-bond acceptors (Lipinski definition) is 4. The van der Waals surface area contributed by atoms with Crippen LogP contribution in [0.4, 0.5) is 5.69 Å². The zero-order valence-corrected chi connectivity index (χ0v) is 16.9. The highest BCUT2D eigenvalue weighted by molar-refractivity contribution is 9.10. The summed E-state index contributed by atoms with van der Waals surface area (Å²) in [5, 5.41) is 14.9. The summed E-state index contributed by atoms with van der Waals surface area (Å²) in [5.74, 6) is -0.248. The molecular weight excluding hydrogens is 436 g/mol. The average Bonchev–Trinajstić information content (AvgIpc) is 3.28. The molecule has 29 heavy (non-hydrogen) atoms. The molecule has 0 fully saturated rings. The standard InChI is InChI=1S/C22H15BrN2O4/c1-13-19(21(26)25(24-13)17-7-3-6-16(23)11-17)12-18-8-9-20(29-18)14-4-2-5-15(10-14)22(27)28/h2-12H,1H3,(H,27,28). The molecule has 0 radical (unpaired) electrons. The Labute approximate surface area is 174 Å². The fraction of sp³-hybridized carbons (Fsp3) is 0.0455. The highest BCUT2D eigenvalue weighted by atomic mass is 79.9. The van der Waals surface area contributed by atoms with Crippen LogP contribution in [0.15, 0.2) is 80.2 Å². The monoisotopic (exact) mass is 450 g/mol. The Hall–Kier alpha value is -3.45. The molecule has 2 aromatic carbocycles. The maximum Gasteiger partial charge on any atom is 0.335 e. The second-order valence-electron chi connectivity index (χ2n) is 6.43. The molecule has 1 amide bonds. The maximum atomic E-state index is 12.8. The van der Waals surface area contributed by atoms with E-state index in [1.54, 1.807) is 43.3 Å². The first-order valence-electron chi connectivity index (χ1n) is 8.73. The van der Waals surface area contributed by atoms with Crippen LogP contribution in [0, 0.1) is 0 Å². The van der Waals surface area contributed by atoms with E-state index in [2.05, 4.69) is 21.0 Å². The van der Waals surface area contributed by atoms with E-state index in [1.807, 2.05) is 24.3 Å². The summed E-state index contributed by atoms with van der Waals surface area (Å²) in [6, 6.07) is 17.3. The van der Waals surface area contributed by atoms with Crippen molar-refractivity contribution in [3.63, 3.8) is 0 Å². The van der Waals surface area contributed by atoms with E-state index >= 15 is 0 Å². The fourth-order valence-corrected chi connectivity index (χ4v) is 3.39. The van der Waals surface area contributed by atoms with E-state index in [0.717, 1.165) is 4.47 Å². The summed E-state index contributed by atoms with van der Waals surface area (Å²) in [4.78, 5) is 24.0. The second-order valence-corrected chi connectivity index (χ2v) is 7.34. The van der Waals surface area contributed by atoms with Gasteiger partial charge in [0.1, 0.15) is 11.5 Å². The van der Waals surface area contributed by atoms with Crippen LogP contribution in [0.5, 0.6) is 0 Å². The van der Waals surface area contributed by atoms with E-state index in [1.165, 1.54) is 11.1 Å². The Kier molecular flexibility index (Phi) is 4.90. The lowest BCUT2D eigenvalue weighted by molar-refractivity contribution is -0.114. The number of carbonyl (C=O) groups excluding carboxylic acids is 1. The van der Waals surface area contributed by atoms with Crippen molar-refractivity contribution in [2.75, 3.05) is 5.01 Å². The zero-order valence-electron chi connectivity index (χ0n) is 15.3. The first-order chi connectivity index (χ1) is 13.9. The van der Waals surface area contributed by atoms with Crippen molar-refractivity contribution in [3.8, 4) is 11.3 Å². The van der Waals surface area contributed by atoms with Gasteiger partial charge in [0.25, 0.3) is 5.91 Å². The quantitative estimate of drug-likeness (QED) is 0.552. The van der Waals surface area contributed by atoms with Gasteiger partial charge in [-0.2, -0.15) is 10.1 Å². The number of nitrogens with zero attached hydrogens (tertiary/aromatic N) is 2. The molecule has 0 bridgehead atoms. The molecule has 2 heterocycles. The number of furan rings is 1. The Morgan fingerprint density at radius 3 is 2.69 bits per heavy atom. The van der Waals surface area contributed by atoms with E-state index in [4.69, 9.17) is 9.52 Å².